The molecule has 0 radical (unpaired) electrons. The highest BCUT2D eigenvalue weighted by molar-refractivity contribution is 5.66. The SMILES string of the molecule is CC(C)(C)CC1CN(c2ccc([N+](=O)[O-])nc2)CCN1C(=O)O. The number of hydrogen-bond donors (Lipinski definition) is 1. The van der Waals surface area contributed by atoms with Crippen LogP contribution in [0.2, 0.25) is 0 Å². The molecule has 1 N–H and O–H groups in total. The van der Waals surface area contributed by atoms with E-state index in [0.717, 1.165) is 12.1 Å². The lowest BCUT2D eigenvalue weighted by molar-refractivity contribution is -0.389. The summed E-state index contributed by atoms with van der Waals surface area (Å²) in [5.74, 6) is -0.191. The molecule has 1 amide bonds. The van der Waals surface area contributed by atoms with Crippen molar-refractivity contribution in [2.45, 2.75) is 33.2 Å². The van der Waals surface area contributed by atoms with Crippen LogP contribution < -0.4 is 4.90 Å². The normalized spacial score (nSPS) is 18.8. The van der Waals surface area contributed by atoms with Crippen molar-refractivity contribution in [3.63, 3.8) is 0 Å². The van der Waals surface area contributed by atoms with Gasteiger partial charge in [0.15, 0.2) is 6.20 Å². The zero-order chi connectivity index (χ0) is 17.2. The molecule has 0 aromatic carbocycles. The van der Waals surface area contributed by atoms with Crippen molar-refractivity contribution in [2.75, 3.05) is 24.5 Å². The third-order valence-corrected chi connectivity index (χ3v) is 3.86. The third-order valence-electron chi connectivity index (χ3n) is 3.86. The van der Waals surface area contributed by atoms with Gasteiger partial charge in [0, 0.05) is 25.7 Å². The van der Waals surface area contributed by atoms with Crippen LogP contribution in [0.4, 0.5) is 16.3 Å². The first-order chi connectivity index (χ1) is 10.7. The number of hydrogen-bond acceptors (Lipinski definition) is 5. The van der Waals surface area contributed by atoms with E-state index in [2.05, 4.69) is 25.8 Å². The fourth-order valence-electron chi connectivity index (χ4n) is 2.90. The first kappa shape index (κ1) is 17.0. The Labute approximate surface area is 134 Å². The van der Waals surface area contributed by atoms with E-state index < -0.39 is 11.0 Å². The van der Waals surface area contributed by atoms with E-state index in [1.807, 2.05) is 4.90 Å². The molecule has 1 aromatic rings. The fraction of sp³-hybridized carbons (Fsp3) is 0.600. The molecule has 2 rings (SSSR count). The van der Waals surface area contributed by atoms with Gasteiger partial charge in [0.2, 0.25) is 0 Å². The van der Waals surface area contributed by atoms with Crippen LogP contribution in [0, 0.1) is 15.5 Å². The van der Waals surface area contributed by atoms with Gasteiger partial charge in [-0.1, -0.05) is 20.8 Å². The maximum absolute atomic E-state index is 11.4. The molecule has 23 heavy (non-hydrogen) atoms. The Hall–Kier alpha value is -2.38. The van der Waals surface area contributed by atoms with Gasteiger partial charge in [-0.15, -0.1) is 0 Å². The molecule has 126 valence electrons. The Balaban J connectivity index is 2.15. The first-order valence-corrected chi connectivity index (χ1v) is 7.52. The van der Waals surface area contributed by atoms with Gasteiger partial charge in [0.05, 0.1) is 11.7 Å². The quantitative estimate of drug-likeness (QED) is 0.678. The van der Waals surface area contributed by atoms with Crippen molar-refractivity contribution in [3.05, 3.63) is 28.4 Å². The van der Waals surface area contributed by atoms with Crippen LogP contribution in [0.25, 0.3) is 0 Å². The number of carbonyl (C=O) groups is 1. The minimum Gasteiger partial charge on any atom is -0.465 e. The number of amides is 1. The van der Waals surface area contributed by atoms with Crippen LogP contribution >= 0.6 is 0 Å². The van der Waals surface area contributed by atoms with Crippen LogP contribution in [-0.4, -0.2) is 51.7 Å². The predicted molar refractivity (Wildman–Crippen MR) is 85.7 cm³/mol. The molecule has 2 heterocycles. The highest BCUT2D eigenvalue weighted by Crippen LogP contribution is 2.28. The predicted octanol–water partition coefficient (Wildman–Crippen LogP) is 2.59. The first-order valence-electron chi connectivity index (χ1n) is 7.52. The smallest absolute Gasteiger partial charge is 0.407 e. The Morgan fingerprint density at radius 3 is 2.61 bits per heavy atom. The van der Waals surface area contributed by atoms with Crippen LogP contribution in [0.3, 0.4) is 0 Å². The van der Waals surface area contributed by atoms with E-state index in [4.69, 9.17) is 0 Å². The van der Waals surface area contributed by atoms with Crippen LogP contribution in [0.5, 0.6) is 0 Å². The molecule has 1 aromatic heterocycles. The maximum Gasteiger partial charge on any atom is 0.407 e. The van der Waals surface area contributed by atoms with Crippen molar-refractivity contribution in [3.8, 4) is 0 Å². The second-order valence-electron chi connectivity index (χ2n) is 6.97. The monoisotopic (exact) mass is 322 g/mol. The number of pyridine rings is 1. The highest BCUT2D eigenvalue weighted by atomic mass is 16.6. The molecule has 8 nitrogen and oxygen atoms in total. The highest BCUT2D eigenvalue weighted by Gasteiger charge is 2.33. The molecule has 0 saturated carbocycles. The van der Waals surface area contributed by atoms with Gasteiger partial charge >= 0.3 is 11.9 Å². The Morgan fingerprint density at radius 1 is 1.43 bits per heavy atom. The summed E-state index contributed by atoms with van der Waals surface area (Å²) >= 11 is 0. The lowest BCUT2D eigenvalue weighted by Gasteiger charge is -2.42. The lowest BCUT2D eigenvalue weighted by atomic mass is 9.86. The molecule has 1 fully saturated rings. The van der Waals surface area contributed by atoms with E-state index in [9.17, 15) is 20.0 Å². The van der Waals surface area contributed by atoms with Crippen LogP contribution in [0.1, 0.15) is 27.2 Å². The van der Waals surface area contributed by atoms with Crippen molar-refractivity contribution >= 4 is 17.6 Å². The molecular weight excluding hydrogens is 300 g/mol. The van der Waals surface area contributed by atoms with E-state index in [1.54, 1.807) is 6.07 Å². The Morgan fingerprint density at radius 2 is 2.13 bits per heavy atom. The third kappa shape index (κ3) is 4.30. The average Bonchev–Trinajstić information content (AvgIpc) is 2.45. The Bertz CT molecular complexity index is 582. The fourth-order valence-corrected chi connectivity index (χ4v) is 2.90. The summed E-state index contributed by atoms with van der Waals surface area (Å²) in [6.45, 7) is 7.76. The summed E-state index contributed by atoms with van der Waals surface area (Å²) < 4.78 is 0. The van der Waals surface area contributed by atoms with Gasteiger partial charge in [-0.3, -0.25) is 0 Å². The number of anilines is 1. The van der Waals surface area contributed by atoms with Crippen LogP contribution in [0.15, 0.2) is 18.3 Å². The topological polar surface area (TPSA) is 99.8 Å². The molecule has 0 bridgehead atoms. The molecule has 8 heteroatoms. The second-order valence-corrected chi connectivity index (χ2v) is 6.97. The van der Waals surface area contributed by atoms with Gasteiger partial charge < -0.3 is 25.0 Å². The van der Waals surface area contributed by atoms with E-state index in [1.165, 1.54) is 17.2 Å². The van der Waals surface area contributed by atoms with Gasteiger partial charge in [-0.05, 0) is 27.8 Å². The molecule has 1 saturated heterocycles. The average molecular weight is 322 g/mol. The molecular formula is C15H22N4O4. The molecule has 1 aliphatic heterocycles. The standard InChI is InChI=1S/C15H22N4O4/c1-15(2,3)8-12-10-17(6-7-18(12)14(20)21)11-4-5-13(16-9-11)19(22)23/h4-5,9,12H,6-8,10H2,1-3H3,(H,20,21). The molecule has 1 atom stereocenters. The number of nitrogens with zero attached hydrogens (tertiary/aromatic N) is 4. The van der Waals surface area contributed by atoms with Crippen molar-refractivity contribution in [1.82, 2.24) is 9.88 Å². The second kappa shape index (κ2) is 6.39. The van der Waals surface area contributed by atoms with Crippen molar-refractivity contribution in [1.29, 1.82) is 0 Å². The number of rotatable bonds is 3. The van der Waals surface area contributed by atoms with E-state index in [-0.39, 0.29) is 17.3 Å². The number of piperazine rings is 1. The summed E-state index contributed by atoms with van der Waals surface area (Å²) in [4.78, 5) is 28.9. The summed E-state index contributed by atoms with van der Waals surface area (Å²) in [5.41, 5.74) is 0.786. The van der Waals surface area contributed by atoms with Gasteiger partial charge in [0.1, 0.15) is 0 Å². The number of nitro groups is 1. The van der Waals surface area contributed by atoms with Gasteiger partial charge in [-0.25, -0.2) is 4.79 Å². The molecule has 1 unspecified atom stereocenters. The van der Waals surface area contributed by atoms with E-state index >= 15 is 0 Å². The lowest BCUT2D eigenvalue weighted by Crippen LogP contribution is -2.56. The summed E-state index contributed by atoms with van der Waals surface area (Å²) in [5, 5.41) is 20.1. The minimum atomic E-state index is -0.902. The largest absolute Gasteiger partial charge is 0.465 e. The number of aromatic nitrogens is 1. The Kier molecular flexibility index (Phi) is 4.72. The van der Waals surface area contributed by atoms with Crippen molar-refractivity contribution in [2.24, 2.45) is 5.41 Å². The summed E-state index contributed by atoms with van der Waals surface area (Å²) in [7, 11) is 0. The van der Waals surface area contributed by atoms with Gasteiger partial charge in [0.25, 0.3) is 0 Å². The zero-order valence-corrected chi connectivity index (χ0v) is 13.6. The van der Waals surface area contributed by atoms with Crippen molar-refractivity contribution < 1.29 is 14.8 Å². The molecule has 1 aliphatic rings. The minimum absolute atomic E-state index is 0.00903. The molecule has 0 aliphatic carbocycles. The van der Waals surface area contributed by atoms with Gasteiger partial charge in [-0.2, -0.15) is 0 Å². The maximum atomic E-state index is 11.4. The van der Waals surface area contributed by atoms with E-state index in [0.29, 0.717) is 19.6 Å². The van der Waals surface area contributed by atoms with Crippen LogP contribution in [-0.2, 0) is 0 Å². The summed E-state index contributed by atoms with van der Waals surface area (Å²) in [6, 6.07) is 2.92. The molecule has 0 spiro atoms. The number of carboxylic acid groups (broad SMARTS) is 1. The summed E-state index contributed by atoms with van der Waals surface area (Å²) in [6.07, 6.45) is 1.32. The zero-order valence-electron chi connectivity index (χ0n) is 13.6.